The van der Waals surface area contributed by atoms with E-state index in [1.807, 2.05) is 54.6 Å². The minimum atomic E-state index is -0.716. The minimum absolute atomic E-state index is 0.145. The van der Waals surface area contributed by atoms with E-state index in [4.69, 9.17) is 9.84 Å². The standard InChI is InChI=1S/C26H24O3/c27-26(28)18-22-6-4-5-21-17-20(13-16-25(21)22)10-9-19-11-14-24(15-12-19)29-23-7-2-1-3-8-23/h1-3,7-17,22H,4-6,18H2,(H,27,28). The monoisotopic (exact) mass is 384 g/mol. The summed E-state index contributed by atoms with van der Waals surface area (Å²) in [6.45, 7) is 0. The van der Waals surface area contributed by atoms with Gasteiger partial charge in [-0.15, -0.1) is 0 Å². The first kappa shape index (κ1) is 19.0. The fourth-order valence-electron chi connectivity index (χ4n) is 3.93. The SMILES string of the molecule is O=C(O)CC1CCCc2cc(C=Cc3ccc(Oc4ccccc4)cc3)ccc21. The molecule has 3 aromatic carbocycles. The van der Waals surface area contributed by atoms with E-state index in [9.17, 15) is 4.79 Å². The van der Waals surface area contributed by atoms with Crippen molar-refractivity contribution >= 4 is 18.1 Å². The molecule has 3 heteroatoms. The van der Waals surface area contributed by atoms with Crippen LogP contribution in [0, 0.1) is 0 Å². The molecule has 0 saturated heterocycles. The van der Waals surface area contributed by atoms with Crippen LogP contribution in [-0.2, 0) is 11.2 Å². The first-order chi connectivity index (χ1) is 14.2. The van der Waals surface area contributed by atoms with Gasteiger partial charge in [-0.3, -0.25) is 4.79 Å². The van der Waals surface area contributed by atoms with E-state index >= 15 is 0 Å². The fraction of sp³-hybridized carbons (Fsp3) is 0.192. The van der Waals surface area contributed by atoms with Gasteiger partial charge in [0.2, 0.25) is 0 Å². The Morgan fingerprint density at radius 3 is 2.38 bits per heavy atom. The van der Waals surface area contributed by atoms with Crippen LogP contribution < -0.4 is 4.74 Å². The highest BCUT2D eigenvalue weighted by atomic mass is 16.5. The number of hydrogen-bond acceptors (Lipinski definition) is 2. The van der Waals surface area contributed by atoms with Crippen molar-refractivity contribution in [1.29, 1.82) is 0 Å². The summed E-state index contributed by atoms with van der Waals surface area (Å²) in [6, 6.07) is 24.2. The quantitative estimate of drug-likeness (QED) is 0.491. The molecule has 0 amide bonds. The molecule has 0 spiro atoms. The number of hydrogen-bond donors (Lipinski definition) is 1. The number of aliphatic carboxylic acids is 1. The number of para-hydroxylation sites is 1. The highest BCUT2D eigenvalue weighted by Gasteiger charge is 2.22. The molecule has 0 bridgehead atoms. The Morgan fingerprint density at radius 1 is 0.931 bits per heavy atom. The predicted octanol–water partition coefficient (Wildman–Crippen LogP) is 6.54. The van der Waals surface area contributed by atoms with Crippen LogP contribution in [-0.4, -0.2) is 11.1 Å². The van der Waals surface area contributed by atoms with Crippen LogP contribution in [0.15, 0.2) is 72.8 Å². The average Bonchev–Trinajstić information content (AvgIpc) is 2.74. The molecule has 1 atom stereocenters. The van der Waals surface area contributed by atoms with Gasteiger partial charge in [0.1, 0.15) is 11.5 Å². The van der Waals surface area contributed by atoms with E-state index in [-0.39, 0.29) is 12.3 Å². The van der Waals surface area contributed by atoms with Gasteiger partial charge in [-0.1, -0.05) is 60.7 Å². The lowest BCUT2D eigenvalue weighted by Crippen LogP contribution is -2.13. The normalized spacial score (nSPS) is 15.8. The van der Waals surface area contributed by atoms with Crippen LogP contribution in [0.3, 0.4) is 0 Å². The zero-order valence-electron chi connectivity index (χ0n) is 16.3. The third kappa shape index (κ3) is 4.94. The lowest BCUT2D eigenvalue weighted by molar-refractivity contribution is -0.137. The average molecular weight is 384 g/mol. The number of ether oxygens (including phenoxy) is 1. The van der Waals surface area contributed by atoms with Gasteiger partial charge in [0.25, 0.3) is 0 Å². The summed E-state index contributed by atoms with van der Waals surface area (Å²) in [6.07, 6.45) is 7.46. The first-order valence-electron chi connectivity index (χ1n) is 10.0. The van der Waals surface area contributed by atoms with Crippen molar-refractivity contribution in [3.63, 3.8) is 0 Å². The summed E-state index contributed by atoms with van der Waals surface area (Å²) in [4.78, 5) is 11.1. The van der Waals surface area contributed by atoms with Gasteiger partial charge in [-0.25, -0.2) is 0 Å². The van der Waals surface area contributed by atoms with Gasteiger partial charge in [-0.05, 0) is 71.7 Å². The molecule has 1 N–H and O–H groups in total. The second-order valence-corrected chi connectivity index (χ2v) is 7.46. The molecule has 0 saturated carbocycles. The van der Waals surface area contributed by atoms with E-state index in [2.05, 4.69) is 30.4 Å². The van der Waals surface area contributed by atoms with Crippen LogP contribution in [0.25, 0.3) is 12.2 Å². The van der Waals surface area contributed by atoms with Crippen LogP contribution in [0.4, 0.5) is 0 Å². The Balaban J connectivity index is 1.44. The van der Waals surface area contributed by atoms with Gasteiger partial charge < -0.3 is 9.84 Å². The zero-order valence-corrected chi connectivity index (χ0v) is 16.3. The van der Waals surface area contributed by atoms with E-state index in [1.54, 1.807) is 0 Å². The number of rotatable bonds is 6. The van der Waals surface area contributed by atoms with Crippen molar-refractivity contribution < 1.29 is 14.6 Å². The Bertz CT molecular complexity index is 1000. The van der Waals surface area contributed by atoms with Gasteiger partial charge >= 0.3 is 5.97 Å². The maximum absolute atomic E-state index is 11.1. The molecule has 0 radical (unpaired) electrons. The van der Waals surface area contributed by atoms with Crippen molar-refractivity contribution in [2.45, 2.75) is 31.6 Å². The zero-order chi connectivity index (χ0) is 20.1. The summed E-state index contributed by atoms with van der Waals surface area (Å²) >= 11 is 0. The molecule has 0 fully saturated rings. The molecule has 4 rings (SSSR count). The van der Waals surface area contributed by atoms with Gasteiger partial charge in [0.05, 0.1) is 6.42 Å². The third-order valence-electron chi connectivity index (χ3n) is 5.35. The summed E-state index contributed by atoms with van der Waals surface area (Å²) in [5.74, 6) is 1.07. The number of carboxylic acids is 1. The molecule has 1 unspecified atom stereocenters. The fourth-order valence-corrected chi connectivity index (χ4v) is 3.93. The first-order valence-corrected chi connectivity index (χ1v) is 10.0. The number of carbonyl (C=O) groups is 1. The molecule has 0 aliphatic heterocycles. The van der Waals surface area contributed by atoms with E-state index < -0.39 is 5.97 Å². The summed E-state index contributed by atoms with van der Waals surface area (Å²) in [7, 11) is 0. The molecule has 3 aromatic rings. The third-order valence-corrected chi connectivity index (χ3v) is 5.35. The van der Waals surface area contributed by atoms with Crippen LogP contribution >= 0.6 is 0 Å². The van der Waals surface area contributed by atoms with Crippen LogP contribution in [0.5, 0.6) is 11.5 Å². The summed E-state index contributed by atoms with van der Waals surface area (Å²) in [5.41, 5.74) is 4.74. The van der Waals surface area contributed by atoms with E-state index in [0.717, 1.165) is 41.9 Å². The molecule has 0 heterocycles. The Morgan fingerprint density at radius 2 is 1.62 bits per heavy atom. The number of carboxylic acid groups (broad SMARTS) is 1. The van der Waals surface area contributed by atoms with Gasteiger partial charge in [0, 0.05) is 0 Å². The number of benzene rings is 3. The minimum Gasteiger partial charge on any atom is -0.481 e. The topological polar surface area (TPSA) is 46.5 Å². The summed E-state index contributed by atoms with van der Waals surface area (Å²) < 4.78 is 5.83. The molecular weight excluding hydrogens is 360 g/mol. The van der Waals surface area contributed by atoms with Crippen molar-refractivity contribution in [3.05, 3.63) is 95.1 Å². The number of fused-ring (bicyclic) bond motifs is 1. The lowest BCUT2D eigenvalue weighted by atomic mass is 9.80. The molecule has 146 valence electrons. The van der Waals surface area contributed by atoms with E-state index in [0.29, 0.717) is 0 Å². The molecule has 1 aliphatic rings. The van der Waals surface area contributed by atoms with Crippen LogP contribution in [0.1, 0.15) is 47.4 Å². The van der Waals surface area contributed by atoms with Gasteiger partial charge in [0.15, 0.2) is 0 Å². The second kappa shape index (κ2) is 8.78. The summed E-state index contributed by atoms with van der Waals surface area (Å²) in [5, 5.41) is 9.14. The predicted molar refractivity (Wildman–Crippen MR) is 116 cm³/mol. The van der Waals surface area contributed by atoms with Crippen molar-refractivity contribution in [1.82, 2.24) is 0 Å². The highest BCUT2D eigenvalue weighted by Crippen LogP contribution is 2.34. The van der Waals surface area contributed by atoms with Crippen LogP contribution in [0.2, 0.25) is 0 Å². The highest BCUT2D eigenvalue weighted by molar-refractivity contribution is 5.71. The molecule has 1 aliphatic carbocycles. The largest absolute Gasteiger partial charge is 0.481 e. The number of aryl methyl sites for hydroxylation is 1. The Labute approximate surface area is 171 Å². The second-order valence-electron chi connectivity index (χ2n) is 7.46. The van der Waals surface area contributed by atoms with Crippen molar-refractivity contribution in [2.75, 3.05) is 0 Å². The Hall–Kier alpha value is -3.33. The molecule has 29 heavy (non-hydrogen) atoms. The Kier molecular flexibility index (Phi) is 5.76. The molecular formula is C26H24O3. The van der Waals surface area contributed by atoms with E-state index in [1.165, 1.54) is 11.1 Å². The van der Waals surface area contributed by atoms with Crippen molar-refractivity contribution in [3.8, 4) is 11.5 Å². The maximum Gasteiger partial charge on any atom is 0.303 e. The van der Waals surface area contributed by atoms with Gasteiger partial charge in [-0.2, -0.15) is 0 Å². The molecule has 0 aromatic heterocycles. The maximum atomic E-state index is 11.1. The lowest BCUT2D eigenvalue weighted by Gasteiger charge is -2.24. The molecule has 3 nitrogen and oxygen atoms in total. The smallest absolute Gasteiger partial charge is 0.303 e. The van der Waals surface area contributed by atoms with Crippen molar-refractivity contribution in [2.24, 2.45) is 0 Å².